The first-order chi connectivity index (χ1) is 11.1. The molecule has 0 saturated heterocycles. The quantitative estimate of drug-likeness (QED) is 0.910. The Morgan fingerprint density at radius 1 is 1.17 bits per heavy atom. The molecule has 1 aliphatic heterocycles. The van der Waals surface area contributed by atoms with Crippen LogP contribution in [0.4, 0.5) is 10.5 Å². The van der Waals surface area contributed by atoms with Crippen LogP contribution >= 0.6 is 0 Å². The van der Waals surface area contributed by atoms with E-state index in [1.807, 2.05) is 24.3 Å². The number of fused-ring (bicyclic) bond motifs is 1. The lowest BCUT2D eigenvalue weighted by Crippen LogP contribution is -2.38. The molecule has 1 heterocycles. The van der Waals surface area contributed by atoms with Crippen LogP contribution in [0.15, 0.2) is 36.4 Å². The lowest BCUT2D eigenvalue weighted by molar-refractivity contribution is 0.203. The fourth-order valence-electron chi connectivity index (χ4n) is 2.66. The molecule has 0 bridgehead atoms. The number of anilines is 1. The fraction of sp³-hybridized carbons (Fsp3) is 0.235. The third-order valence-corrected chi connectivity index (χ3v) is 3.85. The molecular formula is C17H18N2O4. The van der Waals surface area contributed by atoms with Gasteiger partial charge in [0, 0.05) is 18.2 Å². The number of nitrogens with zero attached hydrogens (tertiary/aromatic N) is 1. The van der Waals surface area contributed by atoms with E-state index in [0.29, 0.717) is 24.5 Å². The van der Waals surface area contributed by atoms with E-state index in [1.165, 1.54) is 13.2 Å². The second-order valence-corrected chi connectivity index (χ2v) is 5.28. The molecule has 0 aromatic heterocycles. The van der Waals surface area contributed by atoms with Crippen LogP contribution in [-0.4, -0.2) is 30.3 Å². The van der Waals surface area contributed by atoms with Crippen molar-refractivity contribution in [3.63, 3.8) is 0 Å². The molecule has 0 fully saturated rings. The van der Waals surface area contributed by atoms with Gasteiger partial charge in [0.15, 0.2) is 11.5 Å². The van der Waals surface area contributed by atoms with Gasteiger partial charge in [0.1, 0.15) is 5.75 Å². The Morgan fingerprint density at radius 2 is 1.91 bits per heavy atom. The Bertz CT molecular complexity index is 745. The van der Waals surface area contributed by atoms with Crippen molar-refractivity contribution < 1.29 is 19.4 Å². The van der Waals surface area contributed by atoms with Crippen LogP contribution in [0.5, 0.6) is 17.2 Å². The Morgan fingerprint density at radius 3 is 2.65 bits per heavy atom. The number of hydrogen-bond acceptors (Lipinski definition) is 4. The highest BCUT2D eigenvalue weighted by molar-refractivity contribution is 5.93. The first kappa shape index (κ1) is 15.0. The summed E-state index contributed by atoms with van der Waals surface area (Å²) in [7, 11) is 3.10. The van der Waals surface area contributed by atoms with Gasteiger partial charge in [-0.3, -0.25) is 0 Å². The lowest BCUT2D eigenvalue weighted by atomic mass is 10.1. The zero-order chi connectivity index (χ0) is 16.4. The molecule has 0 unspecified atom stereocenters. The Labute approximate surface area is 134 Å². The van der Waals surface area contributed by atoms with Crippen molar-refractivity contribution in [3.05, 3.63) is 47.5 Å². The summed E-state index contributed by atoms with van der Waals surface area (Å²) >= 11 is 0. The summed E-state index contributed by atoms with van der Waals surface area (Å²) in [6, 6.07) is 10.6. The van der Waals surface area contributed by atoms with Crippen LogP contribution in [0, 0.1) is 0 Å². The van der Waals surface area contributed by atoms with Gasteiger partial charge in [-0.25, -0.2) is 4.79 Å². The molecule has 6 heteroatoms. The van der Waals surface area contributed by atoms with Crippen molar-refractivity contribution in [3.8, 4) is 17.2 Å². The van der Waals surface area contributed by atoms with Crippen LogP contribution in [0.3, 0.4) is 0 Å². The standard InChI is InChI=1S/C17H18N2O4/c1-22-15-6-4-3-5-11(15)9-19-10-12-7-16(23-2)14(20)8-13(12)18-17(19)21/h3-8,20H,9-10H2,1-2H3,(H,18,21). The average molecular weight is 314 g/mol. The Hall–Kier alpha value is -2.89. The van der Waals surface area contributed by atoms with Gasteiger partial charge in [-0.15, -0.1) is 0 Å². The fourth-order valence-corrected chi connectivity index (χ4v) is 2.66. The topological polar surface area (TPSA) is 71.0 Å². The van der Waals surface area contributed by atoms with E-state index in [-0.39, 0.29) is 11.8 Å². The molecule has 3 rings (SSSR count). The number of phenols is 1. The molecule has 2 N–H and O–H groups in total. The second kappa shape index (κ2) is 6.08. The number of urea groups is 1. The molecule has 120 valence electrons. The molecule has 2 amide bonds. The molecule has 0 spiro atoms. The maximum Gasteiger partial charge on any atom is 0.322 e. The number of hydrogen-bond donors (Lipinski definition) is 2. The minimum Gasteiger partial charge on any atom is -0.504 e. The molecule has 0 atom stereocenters. The zero-order valence-electron chi connectivity index (χ0n) is 13.0. The van der Waals surface area contributed by atoms with Crippen molar-refractivity contribution in [2.75, 3.05) is 19.5 Å². The minimum atomic E-state index is -0.215. The van der Waals surface area contributed by atoms with Gasteiger partial charge in [-0.2, -0.15) is 0 Å². The first-order valence-electron chi connectivity index (χ1n) is 7.20. The first-order valence-corrected chi connectivity index (χ1v) is 7.20. The van der Waals surface area contributed by atoms with Crippen LogP contribution in [0.1, 0.15) is 11.1 Å². The van der Waals surface area contributed by atoms with E-state index < -0.39 is 0 Å². The van der Waals surface area contributed by atoms with E-state index in [0.717, 1.165) is 16.9 Å². The molecule has 23 heavy (non-hydrogen) atoms. The van der Waals surface area contributed by atoms with Gasteiger partial charge >= 0.3 is 6.03 Å². The molecule has 2 aromatic rings. The van der Waals surface area contributed by atoms with E-state index in [2.05, 4.69) is 5.32 Å². The van der Waals surface area contributed by atoms with Crippen molar-refractivity contribution in [1.82, 2.24) is 4.90 Å². The van der Waals surface area contributed by atoms with E-state index in [1.54, 1.807) is 18.1 Å². The highest BCUT2D eigenvalue weighted by Crippen LogP contribution is 2.35. The summed E-state index contributed by atoms with van der Waals surface area (Å²) in [5.41, 5.74) is 2.41. The largest absolute Gasteiger partial charge is 0.504 e. The highest BCUT2D eigenvalue weighted by atomic mass is 16.5. The summed E-state index contributed by atoms with van der Waals surface area (Å²) in [6.07, 6.45) is 0. The predicted molar refractivity (Wildman–Crippen MR) is 85.9 cm³/mol. The van der Waals surface area contributed by atoms with Gasteiger partial charge in [0.25, 0.3) is 0 Å². The molecule has 2 aromatic carbocycles. The predicted octanol–water partition coefficient (Wildman–Crippen LogP) is 2.96. The Balaban J connectivity index is 1.87. The van der Waals surface area contributed by atoms with Gasteiger partial charge in [-0.05, 0) is 17.7 Å². The Kier molecular flexibility index (Phi) is 3.97. The average Bonchev–Trinajstić information content (AvgIpc) is 2.56. The molecule has 0 aliphatic carbocycles. The molecule has 0 radical (unpaired) electrons. The minimum absolute atomic E-state index is 0.00438. The normalized spacial score (nSPS) is 13.3. The number of para-hydroxylation sites is 1. The number of aromatic hydroxyl groups is 1. The van der Waals surface area contributed by atoms with E-state index >= 15 is 0 Å². The summed E-state index contributed by atoms with van der Waals surface area (Å²) in [5, 5.41) is 12.6. The van der Waals surface area contributed by atoms with Crippen LogP contribution in [0.2, 0.25) is 0 Å². The van der Waals surface area contributed by atoms with Crippen molar-refractivity contribution in [1.29, 1.82) is 0 Å². The second-order valence-electron chi connectivity index (χ2n) is 5.28. The number of carbonyl (C=O) groups is 1. The van der Waals surface area contributed by atoms with Crippen molar-refractivity contribution >= 4 is 11.7 Å². The van der Waals surface area contributed by atoms with Gasteiger partial charge in [-0.1, -0.05) is 18.2 Å². The van der Waals surface area contributed by atoms with Gasteiger partial charge < -0.3 is 24.8 Å². The van der Waals surface area contributed by atoms with Crippen LogP contribution in [-0.2, 0) is 13.1 Å². The maximum atomic E-state index is 12.3. The summed E-state index contributed by atoms with van der Waals surface area (Å²) < 4.78 is 10.5. The number of methoxy groups -OCH3 is 2. The number of amides is 2. The monoisotopic (exact) mass is 314 g/mol. The third-order valence-electron chi connectivity index (χ3n) is 3.85. The van der Waals surface area contributed by atoms with Crippen LogP contribution in [0.25, 0.3) is 0 Å². The zero-order valence-corrected chi connectivity index (χ0v) is 13.0. The third kappa shape index (κ3) is 2.88. The number of ether oxygens (including phenoxy) is 2. The summed E-state index contributed by atoms with van der Waals surface area (Å²) in [4.78, 5) is 14.0. The molecule has 0 saturated carbocycles. The number of carbonyl (C=O) groups excluding carboxylic acids is 1. The lowest BCUT2D eigenvalue weighted by Gasteiger charge is -2.30. The number of benzene rings is 2. The number of rotatable bonds is 4. The van der Waals surface area contributed by atoms with E-state index in [9.17, 15) is 9.90 Å². The highest BCUT2D eigenvalue weighted by Gasteiger charge is 2.25. The van der Waals surface area contributed by atoms with Gasteiger partial charge in [0.05, 0.1) is 26.5 Å². The van der Waals surface area contributed by atoms with Gasteiger partial charge in [0.2, 0.25) is 0 Å². The smallest absolute Gasteiger partial charge is 0.322 e. The summed E-state index contributed by atoms with van der Waals surface area (Å²) in [5.74, 6) is 1.14. The van der Waals surface area contributed by atoms with Crippen LogP contribution < -0.4 is 14.8 Å². The SMILES string of the molecule is COc1cc2c(cc1O)NC(=O)N(Cc1ccccc1OC)C2. The number of phenolic OH excluding ortho intramolecular Hbond substituents is 1. The van der Waals surface area contributed by atoms with Crippen molar-refractivity contribution in [2.24, 2.45) is 0 Å². The molecular weight excluding hydrogens is 296 g/mol. The number of nitrogens with one attached hydrogen (secondary N) is 1. The van der Waals surface area contributed by atoms with Crippen molar-refractivity contribution in [2.45, 2.75) is 13.1 Å². The maximum absolute atomic E-state index is 12.3. The van der Waals surface area contributed by atoms with E-state index in [4.69, 9.17) is 9.47 Å². The summed E-state index contributed by atoms with van der Waals surface area (Å²) in [6.45, 7) is 0.855. The molecule has 1 aliphatic rings. The molecule has 6 nitrogen and oxygen atoms in total.